The number of hydrogen-bond acceptors (Lipinski definition) is 4. The Kier molecular flexibility index (Phi) is 5.83. The number of ether oxygens (including phenoxy) is 2. The Morgan fingerprint density at radius 1 is 1.37 bits per heavy atom. The summed E-state index contributed by atoms with van der Waals surface area (Å²) < 4.78 is 10.4. The van der Waals surface area contributed by atoms with E-state index in [-0.39, 0.29) is 12.5 Å². The Labute approximate surface area is 114 Å². The molecular weight excluding hydrogens is 242 g/mol. The number of nitrogens with two attached hydrogens (primary N) is 1. The first-order valence-electron chi connectivity index (χ1n) is 6.66. The van der Waals surface area contributed by atoms with Gasteiger partial charge in [0.1, 0.15) is 11.2 Å². The lowest BCUT2D eigenvalue weighted by atomic mass is 9.76. The molecule has 106 valence electrons. The molecule has 0 spiro atoms. The van der Waals surface area contributed by atoms with E-state index >= 15 is 0 Å². The molecule has 1 aromatic rings. The molecule has 0 aliphatic carbocycles. The van der Waals surface area contributed by atoms with Gasteiger partial charge in [0.2, 0.25) is 0 Å². The first-order chi connectivity index (χ1) is 9.14. The Balaban J connectivity index is 3.23. The molecule has 0 aromatic heterocycles. The summed E-state index contributed by atoms with van der Waals surface area (Å²) in [6, 6.07) is 7.48. The molecule has 1 rings (SSSR count). The number of carbonyl (C=O) groups excluding carboxylic acids is 1. The van der Waals surface area contributed by atoms with E-state index in [9.17, 15) is 4.79 Å². The van der Waals surface area contributed by atoms with E-state index in [0.717, 1.165) is 17.7 Å². The number of hydrogen-bond donors (Lipinski definition) is 1. The second kappa shape index (κ2) is 7.14. The molecule has 1 aromatic carbocycles. The zero-order valence-electron chi connectivity index (χ0n) is 11.9. The van der Waals surface area contributed by atoms with Crippen LogP contribution in [0.3, 0.4) is 0 Å². The summed E-state index contributed by atoms with van der Waals surface area (Å²) in [6.45, 7) is 4.42. The smallest absolute Gasteiger partial charge is 0.317 e. The van der Waals surface area contributed by atoms with E-state index in [1.54, 1.807) is 14.0 Å². The summed E-state index contributed by atoms with van der Waals surface area (Å²) in [5.74, 6) is 0.461. The minimum Gasteiger partial charge on any atom is -0.497 e. The third-order valence-corrected chi connectivity index (χ3v) is 3.31. The molecule has 1 atom stereocenters. The molecule has 4 nitrogen and oxygen atoms in total. The molecule has 19 heavy (non-hydrogen) atoms. The quantitative estimate of drug-likeness (QED) is 0.768. The van der Waals surface area contributed by atoms with Gasteiger partial charge in [-0.1, -0.05) is 25.5 Å². The predicted molar refractivity (Wildman–Crippen MR) is 75.3 cm³/mol. The molecule has 0 fully saturated rings. The SMILES string of the molecule is CCC[C@@](CN)(C(=O)OCC)c1cccc(OC)c1. The maximum Gasteiger partial charge on any atom is 0.317 e. The van der Waals surface area contributed by atoms with Crippen molar-refractivity contribution in [3.63, 3.8) is 0 Å². The minimum absolute atomic E-state index is 0.229. The van der Waals surface area contributed by atoms with Crippen molar-refractivity contribution < 1.29 is 14.3 Å². The van der Waals surface area contributed by atoms with Crippen LogP contribution in [0.1, 0.15) is 32.3 Å². The van der Waals surface area contributed by atoms with Crippen molar-refractivity contribution in [3.8, 4) is 5.75 Å². The Morgan fingerprint density at radius 2 is 2.11 bits per heavy atom. The molecule has 0 heterocycles. The van der Waals surface area contributed by atoms with Gasteiger partial charge in [-0.15, -0.1) is 0 Å². The Morgan fingerprint density at radius 3 is 2.63 bits per heavy atom. The number of benzene rings is 1. The summed E-state index contributed by atoms with van der Waals surface area (Å²) in [5, 5.41) is 0. The van der Waals surface area contributed by atoms with Gasteiger partial charge in [-0.2, -0.15) is 0 Å². The highest BCUT2D eigenvalue weighted by molar-refractivity contribution is 5.83. The van der Waals surface area contributed by atoms with E-state index < -0.39 is 5.41 Å². The molecule has 4 heteroatoms. The molecule has 0 saturated heterocycles. The van der Waals surface area contributed by atoms with E-state index in [4.69, 9.17) is 15.2 Å². The van der Waals surface area contributed by atoms with Crippen molar-refractivity contribution in [2.75, 3.05) is 20.3 Å². The van der Waals surface area contributed by atoms with Gasteiger partial charge in [-0.3, -0.25) is 4.79 Å². The average Bonchev–Trinajstić information content (AvgIpc) is 2.45. The standard InChI is InChI=1S/C15H23NO3/c1-4-9-15(11-16,14(17)19-5-2)12-7-6-8-13(10-12)18-3/h6-8,10H,4-5,9,11,16H2,1-3H3/t15-/m0/s1. The van der Waals surface area contributed by atoms with Gasteiger partial charge in [0.15, 0.2) is 0 Å². The Bertz CT molecular complexity index is 420. The second-order valence-corrected chi connectivity index (χ2v) is 4.49. The van der Waals surface area contributed by atoms with Crippen molar-refractivity contribution in [1.29, 1.82) is 0 Å². The van der Waals surface area contributed by atoms with Gasteiger partial charge >= 0.3 is 5.97 Å². The van der Waals surface area contributed by atoms with Crippen LogP contribution in [0.2, 0.25) is 0 Å². The van der Waals surface area contributed by atoms with E-state index in [1.165, 1.54) is 0 Å². The lowest BCUT2D eigenvalue weighted by molar-refractivity contribution is -0.150. The molecule has 0 aliphatic rings. The van der Waals surface area contributed by atoms with Crippen LogP contribution < -0.4 is 10.5 Å². The number of methoxy groups -OCH3 is 1. The monoisotopic (exact) mass is 265 g/mol. The molecular formula is C15H23NO3. The fourth-order valence-electron chi connectivity index (χ4n) is 2.28. The van der Waals surface area contributed by atoms with Crippen molar-refractivity contribution in [2.24, 2.45) is 5.73 Å². The maximum atomic E-state index is 12.3. The summed E-state index contributed by atoms with van der Waals surface area (Å²) in [4.78, 5) is 12.3. The van der Waals surface area contributed by atoms with Crippen LogP contribution in [-0.2, 0) is 14.9 Å². The highest BCUT2D eigenvalue weighted by Crippen LogP contribution is 2.32. The average molecular weight is 265 g/mol. The summed E-state index contributed by atoms with van der Waals surface area (Å²) >= 11 is 0. The van der Waals surface area contributed by atoms with Crippen LogP contribution in [0.15, 0.2) is 24.3 Å². The van der Waals surface area contributed by atoms with Crippen molar-refractivity contribution in [1.82, 2.24) is 0 Å². The fraction of sp³-hybridized carbons (Fsp3) is 0.533. The minimum atomic E-state index is -0.778. The van der Waals surface area contributed by atoms with E-state index in [1.807, 2.05) is 31.2 Å². The van der Waals surface area contributed by atoms with Crippen molar-refractivity contribution >= 4 is 5.97 Å². The van der Waals surface area contributed by atoms with Gasteiger partial charge < -0.3 is 15.2 Å². The van der Waals surface area contributed by atoms with Crippen LogP contribution in [0, 0.1) is 0 Å². The zero-order valence-corrected chi connectivity index (χ0v) is 11.9. The molecule has 0 aliphatic heterocycles. The van der Waals surface area contributed by atoms with Gasteiger partial charge in [-0.05, 0) is 31.0 Å². The lowest BCUT2D eigenvalue weighted by Crippen LogP contribution is -2.44. The van der Waals surface area contributed by atoms with E-state index in [0.29, 0.717) is 13.0 Å². The summed E-state index contributed by atoms with van der Waals surface area (Å²) in [5.41, 5.74) is 5.98. The lowest BCUT2D eigenvalue weighted by Gasteiger charge is -2.30. The fourth-order valence-corrected chi connectivity index (χ4v) is 2.28. The number of carbonyl (C=O) groups is 1. The van der Waals surface area contributed by atoms with Gasteiger partial charge in [0.05, 0.1) is 13.7 Å². The normalized spacial score (nSPS) is 13.7. The zero-order chi connectivity index (χ0) is 14.3. The predicted octanol–water partition coefficient (Wildman–Crippen LogP) is 2.25. The number of esters is 1. The van der Waals surface area contributed by atoms with Crippen molar-refractivity contribution in [3.05, 3.63) is 29.8 Å². The van der Waals surface area contributed by atoms with E-state index in [2.05, 4.69) is 0 Å². The third-order valence-electron chi connectivity index (χ3n) is 3.31. The third kappa shape index (κ3) is 3.26. The van der Waals surface area contributed by atoms with Crippen LogP contribution in [-0.4, -0.2) is 26.2 Å². The first kappa shape index (κ1) is 15.5. The topological polar surface area (TPSA) is 61.6 Å². The summed E-state index contributed by atoms with van der Waals surface area (Å²) in [6.07, 6.45) is 1.52. The van der Waals surface area contributed by atoms with Crippen molar-refractivity contribution in [2.45, 2.75) is 32.1 Å². The number of rotatable bonds is 7. The van der Waals surface area contributed by atoms with Crippen LogP contribution in [0.5, 0.6) is 5.75 Å². The van der Waals surface area contributed by atoms with Crippen LogP contribution >= 0.6 is 0 Å². The molecule has 0 amide bonds. The highest BCUT2D eigenvalue weighted by Gasteiger charge is 2.39. The molecule has 0 saturated carbocycles. The summed E-state index contributed by atoms with van der Waals surface area (Å²) in [7, 11) is 1.60. The van der Waals surface area contributed by atoms with Crippen LogP contribution in [0.25, 0.3) is 0 Å². The van der Waals surface area contributed by atoms with Crippen LogP contribution in [0.4, 0.5) is 0 Å². The Hall–Kier alpha value is -1.55. The molecule has 0 bridgehead atoms. The molecule has 2 N–H and O–H groups in total. The first-order valence-corrected chi connectivity index (χ1v) is 6.66. The molecule has 0 radical (unpaired) electrons. The second-order valence-electron chi connectivity index (χ2n) is 4.49. The largest absolute Gasteiger partial charge is 0.497 e. The van der Waals surface area contributed by atoms with Gasteiger partial charge in [0.25, 0.3) is 0 Å². The van der Waals surface area contributed by atoms with Gasteiger partial charge in [-0.25, -0.2) is 0 Å². The molecule has 0 unspecified atom stereocenters. The highest BCUT2D eigenvalue weighted by atomic mass is 16.5. The van der Waals surface area contributed by atoms with Gasteiger partial charge in [0, 0.05) is 6.54 Å². The maximum absolute atomic E-state index is 12.3.